The molecular formula is C18H21N3O. The highest BCUT2D eigenvalue weighted by Gasteiger charge is 2.10. The third kappa shape index (κ3) is 2.64. The van der Waals surface area contributed by atoms with Crippen LogP contribution >= 0.6 is 0 Å². The lowest BCUT2D eigenvalue weighted by Crippen LogP contribution is -2.28. The van der Waals surface area contributed by atoms with Crippen LogP contribution in [0.4, 0.5) is 0 Å². The molecule has 114 valence electrons. The fraction of sp³-hybridized carbons (Fsp3) is 0.278. The molecule has 0 aliphatic carbocycles. The number of carbonyl (C=O) groups excluding carboxylic acids is 1. The van der Waals surface area contributed by atoms with E-state index in [4.69, 9.17) is 0 Å². The molecule has 3 aromatic rings. The maximum Gasteiger partial charge on any atom is 0.240 e. The van der Waals surface area contributed by atoms with Gasteiger partial charge in [0.15, 0.2) is 0 Å². The average Bonchev–Trinajstić information content (AvgIpc) is 2.99. The molecule has 0 bridgehead atoms. The predicted octanol–water partition coefficient (Wildman–Crippen LogP) is 2.91. The second kappa shape index (κ2) is 5.72. The largest absolute Gasteiger partial charge is 0.350 e. The summed E-state index contributed by atoms with van der Waals surface area (Å²) in [4.78, 5) is 12.3. The van der Waals surface area contributed by atoms with Crippen LogP contribution in [0.1, 0.15) is 17.1 Å². The first-order valence-electron chi connectivity index (χ1n) is 7.49. The number of amides is 1. The molecule has 0 unspecified atom stereocenters. The summed E-state index contributed by atoms with van der Waals surface area (Å²) in [6.07, 6.45) is 0. The Morgan fingerprint density at radius 1 is 1.09 bits per heavy atom. The van der Waals surface area contributed by atoms with Crippen LogP contribution in [0.3, 0.4) is 0 Å². The number of carbonyl (C=O) groups is 1. The van der Waals surface area contributed by atoms with Gasteiger partial charge in [0.05, 0.1) is 6.54 Å². The number of hydrogen-bond donors (Lipinski definition) is 1. The van der Waals surface area contributed by atoms with E-state index in [9.17, 15) is 4.79 Å². The van der Waals surface area contributed by atoms with Gasteiger partial charge in [0, 0.05) is 29.6 Å². The highest BCUT2D eigenvalue weighted by atomic mass is 16.1. The molecule has 0 atom stereocenters. The Hall–Kier alpha value is -2.49. The van der Waals surface area contributed by atoms with E-state index in [1.54, 1.807) is 0 Å². The third-order valence-electron chi connectivity index (χ3n) is 4.26. The number of aryl methyl sites for hydroxylation is 2. The topological polar surface area (TPSA) is 39.0 Å². The van der Waals surface area contributed by atoms with Crippen molar-refractivity contribution in [2.45, 2.75) is 26.9 Å². The molecule has 0 saturated carbocycles. The molecule has 1 aromatic carbocycles. The molecule has 0 radical (unpaired) electrons. The van der Waals surface area contributed by atoms with E-state index >= 15 is 0 Å². The number of para-hydroxylation sites is 1. The maximum atomic E-state index is 12.3. The Balaban J connectivity index is 1.71. The lowest BCUT2D eigenvalue weighted by molar-refractivity contribution is -0.121. The van der Waals surface area contributed by atoms with Gasteiger partial charge in [-0.1, -0.05) is 18.2 Å². The van der Waals surface area contributed by atoms with Crippen LogP contribution in [0.2, 0.25) is 0 Å². The molecule has 4 heteroatoms. The Kier molecular flexibility index (Phi) is 3.75. The molecule has 1 amide bonds. The van der Waals surface area contributed by atoms with Crippen molar-refractivity contribution in [2.75, 3.05) is 0 Å². The molecule has 3 rings (SSSR count). The Bertz CT molecular complexity index is 826. The lowest BCUT2D eigenvalue weighted by atomic mass is 10.2. The first kappa shape index (κ1) is 14.4. The number of benzene rings is 1. The highest BCUT2D eigenvalue weighted by molar-refractivity contribution is 5.84. The van der Waals surface area contributed by atoms with Crippen molar-refractivity contribution in [3.63, 3.8) is 0 Å². The van der Waals surface area contributed by atoms with Gasteiger partial charge in [0.1, 0.15) is 6.54 Å². The van der Waals surface area contributed by atoms with E-state index in [0.717, 1.165) is 16.9 Å². The second-order valence-electron chi connectivity index (χ2n) is 5.73. The van der Waals surface area contributed by atoms with Gasteiger partial charge in [-0.15, -0.1) is 0 Å². The van der Waals surface area contributed by atoms with Crippen LogP contribution in [0.5, 0.6) is 0 Å². The van der Waals surface area contributed by atoms with E-state index in [1.807, 2.05) is 32.2 Å². The molecule has 0 saturated heterocycles. The first-order valence-corrected chi connectivity index (χ1v) is 7.49. The molecule has 22 heavy (non-hydrogen) atoms. The smallest absolute Gasteiger partial charge is 0.240 e. The van der Waals surface area contributed by atoms with Crippen LogP contribution in [-0.4, -0.2) is 15.0 Å². The van der Waals surface area contributed by atoms with Crippen LogP contribution < -0.4 is 5.32 Å². The third-order valence-corrected chi connectivity index (χ3v) is 4.26. The molecule has 2 aromatic heterocycles. The average molecular weight is 295 g/mol. The zero-order valence-corrected chi connectivity index (χ0v) is 13.3. The summed E-state index contributed by atoms with van der Waals surface area (Å²) in [6, 6.07) is 14.4. The van der Waals surface area contributed by atoms with Crippen molar-refractivity contribution in [2.24, 2.45) is 7.05 Å². The van der Waals surface area contributed by atoms with E-state index in [2.05, 4.69) is 45.6 Å². The van der Waals surface area contributed by atoms with Crippen molar-refractivity contribution in [1.29, 1.82) is 0 Å². The molecule has 4 nitrogen and oxygen atoms in total. The fourth-order valence-electron chi connectivity index (χ4n) is 2.79. The Morgan fingerprint density at radius 2 is 1.86 bits per heavy atom. The quantitative estimate of drug-likeness (QED) is 0.790. The Morgan fingerprint density at radius 3 is 2.59 bits per heavy atom. The number of hydrogen-bond acceptors (Lipinski definition) is 1. The van der Waals surface area contributed by atoms with E-state index in [1.165, 1.54) is 11.1 Å². The first-order chi connectivity index (χ1) is 10.6. The minimum Gasteiger partial charge on any atom is -0.350 e. The van der Waals surface area contributed by atoms with E-state index in [0.29, 0.717) is 13.1 Å². The summed E-state index contributed by atoms with van der Waals surface area (Å²) in [5.74, 6) is 0.0308. The minimum absolute atomic E-state index is 0.0308. The predicted molar refractivity (Wildman–Crippen MR) is 88.7 cm³/mol. The summed E-state index contributed by atoms with van der Waals surface area (Å²) in [6.45, 7) is 5.00. The van der Waals surface area contributed by atoms with Gasteiger partial charge in [-0.3, -0.25) is 4.79 Å². The maximum absolute atomic E-state index is 12.3. The summed E-state index contributed by atoms with van der Waals surface area (Å²) < 4.78 is 4.15. The standard InChI is InChI=1S/C18H21N3O/c1-13-8-9-16(20(13)3)11-19-18(22)12-21-14(2)10-15-6-4-5-7-17(15)21/h4-10H,11-12H2,1-3H3,(H,19,22). The highest BCUT2D eigenvalue weighted by Crippen LogP contribution is 2.18. The van der Waals surface area contributed by atoms with Crippen molar-refractivity contribution in [3.05, 3.63) is 59.5 Å². The van der Waals surface area contributed by atoms with Gasteiger partial charge < -0.3 is 14.5 Å². The number of nitrogens with one attached hydrogen (secondary N) is 1. The molecule has 1 N–H and O–H groups in total. The molecular weight excluding hydrogens is 274 g/mol. The van der Waals surface area contributed by atoms with Gasteiger partial charge in [-0.25, -0.2) is 0 Å². The molecule has 2 heterocycles. The van der Waals surface area contributed by atoms with Gasteiger partial charge >= 0.3 is 0 Å². The van der Waals surface area contributed by atoms with Crippen LogP contribution in [-0.2, 0) is 24.9 Å². The van der Waals surface area contributed by atoms with Gasteiger partial charge in [0.25, 0.3) is 0 Å². The van der Waals surface area contributed by atoms with Crippen molar-refractivity contribution >= 4 is 16.8 Å². The van der Waals surface area contributed by atoms with Gasteiger partial charge in [0.2, 0.25) is 5.91 Å². The lowest BCUT2D eigenvalue weighted by Gasteiger charge is -2.10. The SMILES string of the molecule is Cc1ccc(CNC(=O)Cn2c(C)cc3ccccc32)n1C. The van der Waals surface area contributed by atoms with E-state index in [-0.39, 0.29) is 5.91 Å². The summed E-state index contributed by atoms with van der Waals surface area (Å²) in [5.41, 5.74) is 4.51. The van der Waals surface area contributed by atoms with Crippen LogP contribution in [0.25, 0.3) is 10.9 Å². The molecule has 0 aliphatic heterocycles. The number of rotatable bonds is 4. The van der Waals surface area contributed by atoms with Crippen LogP contribution in [0, 0.1) is 13.8 Å². The zero-order valence-electron chi connectivity index (χ0n) is 13.3. The molecule has 0 aliphatic rings. The molecule has 0 fully saturated rings. The van der Waals surface area contributed by atoms with Crippen LogP contribution in [0.15, 0.2) is 42.5 Å². The molecule has 0 spiro atoms. The van der Waals surface area contributed by atoms with Gasteiger partial charge in [-0.05, 0) is 43.5 Å². The summed E-state index contributed by atoms with van der Waals surface area (Å²) in [7, 11) is 2.01. The van der Waals surface area contributed by atoms with Crippen molar-refractivity contribution in [3.8, 4) is 0 Å². The Labute approximate surface area is 130 Å². The fourth-order valence-corrected chi connectivity index (χ4v) is 2.79. The minimum atomic E-state index is 0.0308. The zero-order chi connectivity index (χ0) is 15.7. The van der Waals surface area contributed by atoms with Crippen molar-refractivity contribution < 1.29 is 4.79 Å². The van der Waals surface area contributed by atoms with Crippen molar-refractivity contribution in [1.82, 2.24) is 14.5 Å². The van der Waals surface area contributed by atoms with Gasteiger partial charge in [-0.2, -0.15) is 0 Å². The number of aromatic nitrogens is 2. The summed E-state index contributed by atoms with van der Waals surface area (Å²) >= 11 is 0. The van der Waals surface area contributed by atoms with E-state index < -0.39 is 0 Å². The monoisotopic (exact) mass is 295 g/mol. The number of nitrogens with zero attached hydrogens (tertiary/aromatic N) is 2. The normalized spacial score (nSPS) is 11.0. The number of fused-ring (bicyclic) bond motifs is 1. The summed E-state index contributed by atoms with van der Waals surface area (Å²) in [5, 5.41) is 4.17. The second-order valence-corrected chi connectivity index (χ2v) is 5.73.